The number of nitrogens with two attached hydrogens (primary N) is 3. The minimum Gasteiger partial charge on any atom is -0.382 e. The van der Waals surface area contributed by atoms with Crippen LogP contribution in [0.2, 0.25) is 0 Å². The van der Waals surface area contributed by atoms with Crippen LogP contribution in [-0.4, -0.2) is 15.0 Å². The molecule has 2 aromatic rings. The van der Waals surface area contributed by atoms with E-state index in [4.69, 9.17) is 17.2 Å². The van der Waals surface area contributed by atoms with E-state index in [-0.39, 0.29) is 5.95 Å². The predicted octanol–water partition coefficient (Wildman–Crippen LogP) is -0.167. The molecular formula is C5H6N6S. The standard InChI is InChI=1S/C5H6N6S/c6-2-1-3(10-4(7)9-2)11-5(8)12-1/h(H6,6,7,8,9,10,11). The number of nitrogens with zero attached hydrogens (tertiary/aromatic N) is 3. The van der Waals surface area contributed by atoms with Gasteiger partial charge in [0.05, 0.1) is 0 Å². The van der Waals surface area contributed by atoms with Crippen molar-refractivity contribution in [2.45, 2.75) is 0 Å². The van der Waals surface area contributed by atoms with Crippen molar-refractivity contribution >= 4 is 38.6 Å². The molecule has 0 amide bonds. The number of fused-ring (bicyclic) bond motifs is 1. The van der Waals surface area contributed by atoms with Crippen LogP contribution in [-0.2, 0) is 0 Å². The van der Waals surface area contributed by atoms with Crippen LogP contribution < -0.4 is 17.2 Å². The molecule has 0 aliphatic carbocycles. The molecule has 12 heavy (non-hydrogen) atoms. The van der Waals surface area contributed by atoms with Gasteiger partial charge in [-0.25, -0.2) is 4.98 Å². The zero-order valence-corrected chi connectivity index (χ0v) is 6.80. The molecule has 2 heterocycles. The van der Waals surface area contributed by atoms with E-state index in [1.807, 2.05) is 0 Å². The molecule has 2 aromatic heterocycles. The molecular weight excluding hydrogens is 176 g/mol. The van der Waals surface area contributed by atoms with Gasteiger partial charge in [-0.3, -0.25) is 0 Å². The van der Waals surface area contributed by atoms with Gasteiger partial charge in [0.15, 0.2) is 10.8 Å². The second-order valence-corrected chi connectivity index (χ2v) is 3.20. The summed E-state index contributed by atoms with van der Waals surface area (Å²) in [6.07, 6.45) is 0. The molecule has 0 atom stereocenters. The number of aromatic nitrogens is 3. The summed E-state index contributed by atoms with van der Waals surface area (Å²) in [5.41, 5.74) is 16.8. The lowest BCUT2D eigenvalue weighted by atomic mass is 10.5. The molecule has 0 spiro atoms. The van der Waals surface area contributed by atoms with Gasteiger partial charge in [-0.15, -0.1) is 0 Å². The van der Waals surface area contributed by atoms with E-state index >= 15 is 0 Å². The van der Waals surface area contributed by atoms with Crippen LogP contribution in [0.4, 0.5) is 16.9 Å². The second-order valence-electron chi connectivity index (χ2n) is 2.17. The minimum atomic E-state index is 0.116. The van der Waals surface area contributed by atoms with E-state index in [0.717, 1.165) is 0 Å². The van der Waals surface area contributed by atoms with Gasteiger partial charge in [0, 0.05) is 0 Å². The van der Waals surface area contributed by atoms with E-state index in [1.54, 1.807) is 0 Å². The molecule has 0 bridgehead atoms. The van der Waals surface area contributed by atoms with Crippen LogP contribution in [0, 0.1) is 0 Å². The van der Waals surface area contributed by atoms with E-state index in [0.29, 0.717) is 21.3 Å². The Hall–Kier alpha value is -1.63. The number of anilines is 3. The highest BCUT2D eigenvalue weighted by Crippen LogP contribution is 2.26. The number of hydrogen-bond donors (Lipinski definition) is 3. The maximum atomic E-state index is 5.55. The first kappa shape index (κ1) is 7.04. The Morgan fingerprint density at radius 1 is 1.00 bits per heavy atom. The van der Waals surface area contributed by atoms with E-state index in [9.17, 15) is 0 Å². The van der Waals surface area contributed by atoms with Crippen molar-refractivity contribution in [2.75, 3.05) is 17.2 Å². The third kappa shape index (κ3) is 0.909. The van der Waals surface area contributed by atoms with Crippen molar-refractivity contribution in [1.29, 1.82) is 0 Å². The fraction of sp³-hybridized carbons (Fsp3) is 0. The summed E-state index contributed by atoms with van der Waals surface area (Å²) < 4.78 is 0.682. The summed E-state index contributed by atoms with van der Waals surface area (Å²) in [5.74, 6) is 0.442. The van der Waals surface area contributed by atoms with Crippen LogP contribution in [0.1, 0.15) is 0 Å². The van der Waals surface area contributed by atoms with Crippen molar-refractivity contribution in [2.24, 2.45) is 0 Å². The lowest BCUT2D eigenvalue weighted by Gasteiger charge is -1.93. The van der Waals surface area contributed by atoms with E-state index in [2.05, 4.69) is 15.0 Å². The SMILES string of the molecule is Nc1nc(N)c2sc(N)nc2n1. The Bertz CT molecular complexity index is 435. The van der Waals surface area contributed by atoms with Crippen molar-refractivity contribution in [3.8, 4) is 0 Å². The summed E-state index contributed by atoms with van der Waals surface area (Å²) in [4.78, 5) is 11.6. The molecule has 0 unspecified atom stereocenters. The fourth-order valence-electron chi connectivity index (χ4n) is 0.878. The minimum absolute atomic E-state index is 0.116. The average Bonchev–Trinajstić information content (AvgIpc) is 2.29. The topological polar surface area (TPSA) is 117 Å². The highest BCUT2D eigenvalue weighted by atomic mass is 32.1. The van der Waals surface area contributed by atoms with Gasteiger partial charge in [0.25, 0.3) is 0 Å². The third-order valence-electron chi connectivity index (χ3n) is 1.31. The average molecular weight is 182 g/mol. The summed E-state index contributed by atoms with van der Waals surface area (Å²) in [6.45, 7) is 0. The quantitative estimate of drug-likeness (QED) is 0.521. The van der Waals surface area contributed by atoms with E-state index < -0.39 is 0 Å². The third-order valence-corrected chi connectivity index (χ3v) is 2.21. The molecule has 0 saturated heterocycles. The first-order valence-electron chi connectivity index (χ1n) is 3.12. The summed E-state index contributed by atoms with van der Waals surface area (Å²) >= 11 is 1.25. The number of thiazole rings is 1. The van der Waals surface area contributed by atoms with Gasteiger partial charge in [-0.2, -0.15) is 9.97 Å². The smallest absolute Gasteiger partial charge is 0.224 e. The largest absolute Gasteiger partial charge is 0.382 e. The molecule has 0 aliphatic rings. The second kappa shape index (κ2) is 2.18. The Kier molecular flexibility index (Phi) is 1.28. The first-order valence-corrected chi connectivity index (χ1v) is 3.93. The predicted molar refractivity (Wildman–Crippen MR) is 48.4 cm³/mol. The molecule has 6 nitrogen and oxygen atoms in total. The van der Waals surface area contributed by atoms with Gasteiger partial charge in [0.1, 0.15) is 10.5 Å². The Morgan fingerprint density at radius 3 is 2.50 bits per heavy atom. The molecule has 0 aromatic carbocycles. The maximum Gasteiger partial charge on any atom is 0.224 e. The monoisotopic (exact) mass is 182 g/mol. The highest BCUT2D eigenvalue weighted by Gasteiger charge is 2.07. The van der Waals surface area contributed by atoms with Crippen molar-refractivity contribution in [1.82, 2.24) is 15.0 Å². The van der Waals surface area contributed by atoms with E-state index in [1.165, 1.54) is 11.3 Å². The van der Waals surface area contributed by atoms with Crippen molar-refractivity contribution in [3.63, 3.8) is 0 Å². The van der Waals surface area contributed by atoms with Crippen molar-refractivity contribution < 1.29 is 0 Å². The van der Waals surface area contributed by atoms with Crippen LogP contribution >= 0.6 is 11.3 Å². The van der Waals surface area contributed by atoms with Crippen LogP contribution in [0.5, 0.6) is 0 Å². The Morgan fingerprint density at radius 2 is 1.75 bits per heavy atom. The fourth-order valence-corrected chi connectivity index (χ4v) is 1.55. The summed E-state index contributed by atoms with van der Waals surface area (Å²) in [6, 6.07) is 0. The number of rotatable bonds is 0. The first-order chi connectivity index (χ1) is 5.66. The molecule has 0 fully saturated rings. The zero-order chi connectivity index (χ0) is 8.72. The van der Waals surface area contributed by atoms with Gasteiger partial charge in [-0.1, -0.05) is 11.3 Å². The van der Waals surface area contributed by atoms with Crippen LogP contribution in [0.15, 0.2) is 0 Å². The summed E-state index contributed by atoms with van der Waals surface area (Å²) in [7, 11) is 0. The van der Waals surface area contributed by atoms with Gasteiger partial charge < -0.3 is 17.2 Å². The molecule has 7 heteroatoms. The molecule has 2 rings (SSSR count). The number of nitrogen functional groups attached to an aromatic ring is 3. The van der Waals surface area contributed by atoms with Crippen LogP contribution in [0.3, 0.4) is 0 Å². The van der Waals surface area contributed by atoms with Gasteiger partial charge in [0.2, 0.25) is 5.95 Å². The van der Waals surface area contributed by atoms with Gasteiger partial charge >= 0.3 is 0 Å². The molecule has 0 saturated carbocycles. The Balaban J connectivity index is 2.88. The maximum absolute atomic E-state index is 5.55. The number of hydrogen-bond acceptors (Lipinski definition) is 7. The molecule has 0 aliphatic heterocycles. The summed E-state index contributed by atoms with van der Waals surface area (Å²) in [5, 5.41) is 0.414. The zero-order valence-electron chi connectivity index (χ0n) is 5.98. The molecule has 62 valence electrons. The Labute approximate surface area is 71.4 Å². The molecule has 6 N–H and O–H groups in total. The lowest BCUT2D eigenvalue weighted by Crippen LogP contribution is -1.99. The van der Waals surface area contributed by atoms with Crippen LogP contribution in [0.25, 0.3) is 10.3 Å². The molecule has 0 radical (unpaired) electrons. The van der Waals surface area contributed by atoms with Gasteiger partial charge in [-0.05, 0) is 0 Å². The normalized spacial score (nSPS) is 10.7. The highest BCUT2D eigenvalue weighted by molar-refractivity contribution is 7.22. The van der Waals surface area contributed by atoms with Crippen molar-refractivity contribution in [3.05, 3.63) is 0 Å². The lowest BCUT2D eigenvalue weighted by molar-refractivity contribution is 1.22.